The summed E-state index contributed by atoms with van der Waals surface area (Å²) in [5.41, 5.74) is 6.32. The normalized spacial score (nSPS) is 39.8. The van der Waals surface area contributed by atoms with Crippen LogP contribution in [0, 0.1) is 23.2 Å². The van der Waals surface area contributed by atoms with Gasteiger partial charge in [0.05, 0.1) is 5.41 Å². The molecule has 0 aromatic heterocycles. The molecule has 25 heavy (non-hydrogen) atoms. The standard InChI is InChI=1S/C21H26N2O2/c22-18(24)20-10-13-8-14(11-20)17(15(9-13)12-20)23-19(25)21(6-7-21)16-4-2-1-3-5-16/h1-5,13-15,17H,6-12H2,(H2,22,24)(H,23,25). The third-order valence-corrected chi connectivity index (χ3v) is 7.60. The molecule has 0 saturated heterocycles. The van der Waals surface area contributed by atoms with Gasteiger partial charge in [0.1, 0.15) is 0 Å². The first-order valence-corrected chi connectivity index (χ1v) is 9.69. The van der Waals surface area contributed by atoms with E-state index >= 15 is 0 Å². The molecule has 4 bridgehead atoms. The molecule has 1 aromatic carbocycles. The molecule has 4 heteroatoms. The van der Waals surface area contributed by atoms with Crippen LogP contribution in [0.3, 0.4) is 0 Å². The van der Waals surface area contributed by atoms with Gasteiger partial charge in [0.2, 0.25) is 11.8 Å². The number of nitrogens with two attached hydrogens (primary N) is 1. The lowest BCUT2D eigenvalue weighted by Crippen LogP contribution is -2.62. The second kappa shape index (κ2) is 5.09. The van der Waals surface area contributed by atoms with Crippen molar-refractivity contribution in [1.29, 1.82) is 0 Å². The van der Waals surface area contributed by atoms with Gasteiger partial charge in [-0.15, -0.1) is 0 Å². The van der Waals surface area contributed by atoms with E-state index in [0.717, 1.165) is 50.5 Å². The van der Waals surface area contributed by atoms with Gasteiger partial charge in [0, 0.05) is 11.5 Å². The summed E-state index contributed by atoms with van der Waals surface area (Å²) in [4.78, 5) is 25.2. The van der Waals surface area contributed by atoms with Gasteiger partial charge in [-0.1, -0.05) is 30.3 Å². The number of rotatable bonds is 4. The highest BCUT2D eigenvalue weighted by atomic mass is 16.2. The molecule has 0 aliphatic heterocycles. The summed E-state index contributed by atoms with van der Waals surface area (Å²) >= 11 is 0. The minimum atomic E-state index is -0.308. The van der Waals surface area contributed by atoms with Crippen molar-refractivity contribution in [3.63, 3.8) is 0 Å². The molecule has 0 radical (unpaired) electrons. The molecule has 0 spiro atoms. The number of benzene rings is 1. The first kappa shape index (κ1) is 15.4. The van der Waals surface area contributed by atoms with Gasteiger partial charge < -0.3 is 11.1 Å². The van der Waals surface area contributed by atoms with E-state index < -0.39 is 0 Å². The van der Waals surface area contributed by atoms with E-state index in [4.69, 9.17) is 5.73 Å². The smallest absolute Gasteiger partial charge is 0.230 e. The van der Waals surface area contributed by atoms with Crippen molar-refractivity contribution in [2.24, 2.45) is 28.9 Å². The Labute approximate surface area is 148 Å². The molecule has 5 saturated carbocycles. The summed E-state index contributed by atoms with van der Waals surface area (Å²) in [5.74, 6) is 1.56. The van der Waals surface area contributed by atoms with Crippen LogP contribution >= 0.6 is 0 Å². The molecule has 5 fully saturated rings. The summed E-state index contributed by atoms with van der Waals surface area (Å²) < 4.78 is 0. The Balaban J connectivity index is 1.36. The highest BCUT2D eigenvalue weighted by Crippen LogP contribution is 2.60. The summed E-state index contributed by atoms with van der Waals surface area (Å²) in [6, 6.07) is 10.4. The number of carbonyl (C=O) groups is 2. The average molecular weight is 338 g/mol. The molecule has 4 nitrogen and oxygen atoms in total. The number of amides is 2. The first-order valence-electron chi connectivity index (χ1n) is 9.69. The quantitative estimate of drug-likeness (QED) is 0.885. The molecule has 5 aliphatic rings. The Morgan fingerprint density at radius 3 is 2.20 bits per heavy atom. The fourth-order valence-electron chi connectivity index (χ4n) is 6.38. The van der Waals surface area contributed by atoms with Crippen molar-refractivity contribution in [2.45, 2.75) is 56.4 Å². The lowest BCUT2D eigenvalue weighted by atomic mass is 9.47. The van der Waals surface area contributed by atoms with Crippen molar-refractivity contribution < 1.29 is 9.59 Å². The van der Waals surface area contributed by atoms with Crippen LogP contribution in [0.4, 0.5) is 0 Å². The molecule has 3 N–H and O–H groups in total. The predicted molar refractivity (Wildman–Crippen MR) is 94.5 cm³/mol. The van der Waals surface area contributed by atoms with E-state index in [-0.39, 0.29) is 28.7 Å². The lowest BCUT2D eigenvalue weighted by Gasteiger charge is -2.59. The van der Waals surface area contributed by atoms with E-state index in [1.807, 2.05) is 18.2 Å². The highest BCUT2D eigenvalue weighted by Gasteiger charge is 2.59. The van der Waals surface area contributed by atoms with Crippen molar-refractivity contribution in [2.75, 3.05) is 0 Å². The minimum Gasteiger partial charge on any atom is -0.369 e. The van der Waals surface area contributed by atoms with Crippen LogP contribution in [0.25, 0.3) is 0 Å². The minimum absolute atomic E-state index is 0.111. The Bertz CT molecular complexity index is 709. The maximum absolute atomic E-state index is 13.1. The van der Waals surface area contributed by atoms with E-state index in [9.17, 15) is 9.59 Å². The number of nitrogens with one attached hydrogen (secondary N) is 1. The Hall–Kier alpha value is -1.84. The number of hydrogen-bond donors (Lipinski definition) is 2. The molecule has 1 aromatic rings. The van der Waals surface area contributed by atoms with E-state index in [2.05, 4.69) is 17.4 Å². The Morgan fingerprint density at radius 1 is 1.00 bits per heavy atom. The van der Waals surface area contributed by atoms with Crippen molar-refractivity contribution >= 4 is 11.8 Å². The molecule has 5 aliphatic carbocycles. The zero-order chi connectivity index (χ0) is 17.2. The topological polar surface area (TPSA) is 72.2 Å². The van der Waals surface area contributed by atoms with Gasteiger partial charge in [0.15, 0.2) is 0 Å². The van der Waals surface area contributed by atoms with E-state index in [1.54, 1.807) is 0 Å². The summed E-state index contributed by atoms with van der Waals surface area (Å²) in [6.45, 7) is 0. The molecule has 132 valence electrons. The first-order chi connectivity index (χ1) is 12.0. The number of hydrogen-bond acceptors (Lipinski definition) is 2. The summed E-state index contributed by atoms with van der Waals surface area (Å²) in [7, 11) is 0. The van der Waals surface area contributed by atoms with Crippen LogP contribution in [0.5, 0.6) is 0 Å². The third kappa shape index (κ3) is 2.19. The molecular weight excluding hydrogens is 312 g/mol. The van der Waals surface area contributed by atoms with Gasteiger partial charge >= 0.3 is 0 Å². The van der Waals surface area contributed by atoms with E-state index in [0.29, 0.717) is 17.8 Å². The summed E-state index contributed by atoms with van der Waals surface area (Å²) in [6.07, 6.45) is 6.91. The lowest BCUT2D eigenvalue weighted by molar-refractivity contribution is -0.147. The monoisotopic (exact) mass is 338 g/mol. The van der Waals surface area contributed by atoms with Crippen LogP contribution in [0.1, 0.15) is 50.5 Å². The zero-order valence-electron chi connectivity index (χ0n) is 14.5. The van der Waals surface area contributed by atoms with Crippen molar-refractivity contribution in [1.82, 2.24) is 5.32 Å². The van der Waals surface area contributed by atoms with Gasteiger partial charge in [-0.05, 0) is 68.3 Å². The highest BCUT2D eigenvalue weighted by molar-refractivity contribution is 5.91. The van der Waals surface area contributed by atoms with Gasteiger partial charge in [-0.3, -0.25) is 9.59 Å². The van der Waals surface area contributed by atoms with Crippen LogP contribution in [0.2, 0.25) is 0 Å². The van der Waals surface area contributed by atoms with Crippen LogP contribution in [-0.2, 0) is 15.0 Å². The van der Waals surface area contributed by atoms with Crippen molar-refractivity contribution in [3.05, 3.63) is 35.9 Å². The molecule has 2 atom stereocenters. The average Bonchev–Trinajstić information content (AvgIpc) is 3.40. The fraction of sp³-hybridized carbons (Fsp3) is 0.619. The second-order valence-electron chi connectivity index (χ2n) is 9.06. The molecular formula is C21H26N2O2. The third-order valence-electron chi connectivity index (χ3n) is 7.60. The van der Waals surface area contributed by atoms with Gasteiger partial charge in [-0.2, -0.15) is 0 Å². The number of primary amides is 1. The van der Waals surface area contributed by atoms with Gasteiger partial charge in [0.25, 0.3) is 0 Å². The van der Waals surface area contributed by atoms with Crippen LogP contribution in [0.15, 0.2) is 30.3 Å². The van der Waals surface area contributed by atoms with E-state index in [1.165, 1.54) is 0 Å². The van der Waals surface area contributed by atoms with Crippen molar-refractivity contribution in [3.8, 4) is 0 Å². The maximum atomic E-state index is 13.1. The fourth-order valence-corrected chi connectivity index (χ4v) is 6.38. The zero-order valence-corrected chi connectivity index (χ0v) is 14.5. The largest absolute Gasteiger partial charge is 0.369 e. The molecule has 6 rings (SSSR count). The maximum Gasteiger partial charge on any atom is 0.230 e. The molecule has 2 amide bonds. The summed E-state index contributed by atoms with van der Waals surface area (Å²) in [5, 5.41) is 3.43. The molecule has 2 unspecified atom stereocenters. The second-order valence-corrected chi connectivity index (χ2v) is 9.06. The van der Waals surface area contributed by atoms with Crippen LogP contribution in [-0.4, -0.2) is 17.9 Å². The molecule has 0 heterocycles. The predicted octanol–water partition coefficient (Wildman–Crippen LogP) is 2.51. The Morgan fingerprint density at radius 2 is 1.64 bits per heavy atom. The van der Waals surface area contributed by atoms with Crippen LogP contribution < -0.4 is 11.1 Å². The Kier molecular flexibility index (Phi) is 3.14. The SMILES string of the molecule is NC(=O)C12CC3CC(C1)C(NC(=O)C1(c4ccccc4)CC1)C(C3)C2. The van der Waals surface area contributed by atoms with Gasteiger partial charge in [-0.25, -0.2) is 0 Å². The number of carbonyl (C=O) groups excluding carboxylic acids is 2.